The highest BCUT2D eigenvalue weighted by Gasteiger charge is 2.71. The van der Waals surface area contributed by atoms with Crippen LogP contribution < -0.4 is 0 Å². The number of hydrogen-bond donors (Lipinski definition) is 1. The zero-order valence-electron chi connectivity index (χ0n) is 11.5. The number of methoxy groups -OCH3 is 1. The molecular formula is C14H20O6. The van der Waals surface area contributed by atoms with Gasteiger partial charge in [0.25, 0.3) is 0 Å². The summed E-state index contributed by atoms with van der Waals surface area (Å²) in [7, 11) is 1.28. The monoisotopic (exact) mass is 284 g/mol. The van der Waals surface area contributed by atoms with E-state index in [0.29, 0.717) is 0 Å². The molecule has 6 nitrogen and oxygen atoms in total. The van der Waals surface area contributed by atoms with Gasteiger partial charge in [0.15, 0.2) is 11.4 Å². The number of rotatable bonds is 1. The summed E-state index contributed by atoms with van der Waals surface area (Å²) < 4.78 is 22.5. The van der Waals surface area contributed by atoms with E-state index in [-0.39, 0.29) is 24.7 Å². The lowest BCUT2D eigenvalue weighted by Crippen LogP contribution is -2.55. The average Bonchev–Trinajstić information content (AvgIpc) is 3.19. The SMILES string of the molecule is COC(=O)C1(O)CC2OC3(CCCCC3)OC2C2OC21. The Bertz CT molecular complexity index is 431. The van der Waals surface area contributed by atoms with Gasteiger partial charge >= 0.3 is 5.97 Å². The van der Waals surface area contributed by atoms with Crippen LogP contribution in [0.2, 0.25) is 0 Å². The molecule has 0 aromatic carbocycles. The van der Waals surface area contributed by atoms with E-state index < -0.39 is 23.5 Å². The van der Waals surface area contributed by atoms with Crippen LogP contribution in [-0.4, -0.2) is 54.0 Å². The van der Waals surface area contributed by atoms with Gasteiger partial charge in [-0.3, -0.25) is 0 Å². The van der Waals surface area contributed by atoms with Crippen molar-refractivity contribution in [2.75, 3.05) is 7.11 Å². The molecule has 0 radical (unpaired) electrons. The van der Waals surface area contributed by atoms with Gasteiger partial charge in [-0.05, 0) is 12.8 Å². The van der Waals surface area contributed by atoms with Gasteiger partial charge in [0.05, 0.1) is 13.2 Å². The maximum Gasteiger partial charge on any atom is 0.340 e. The first-order chi connectivity index (χ1) is 9.58. The molecule has 2 heterocycles. The Morgan fingerprint density at radius 1 is 1.20 bits per heavy atom. The van der Waals surface area contributed by atoms with Crippen LogP contribution in [0.5, 0.6) is 0 Å². The summed E-state index contributed by atoms with van der Waals surface area (Å²) in [6.07, 6.45) is 4.13. The lowest BCUT2D eigenvalue weighted by Gasteiger charge is -2.32. The minimum atomic E-state index is -1.59. The summed E-state index contributed by atoms with van der Waals surface area (Å²) in [5.74, 6) is -1.16. The fourth-order valence-electron chi connectivity index (χ4n) is 4.01. The van der Waals surface area contributed by atoms with Crippen molar-refractivity contribution in [1.82, 2.24) is 0 Å². The van der Waals surface area contributed by atoms with Gasteiger partial charge in [0.1, 0.15) is 18.3 Å². The van der Waals surface area contributed by atoms with Crippen LogP contribution >= 0.6 is 0 Å². The number of carbonyl (C=O) groups excluding carboxylic acids is 1. The highest BCUT2D eigenvalue weighted by atomic mass is 16.8. The maximum atomic E-state index is 11.8. The molecule has 20 heavy (non-hydrogen) atoms. The molecule has 2 aliphatic heterocycles. The molecule has 0 aromatic rings. The fourth-order valence-corrected chi connectivity index (χ4v) is 4.01. The summed E-state index contributed by atoms with van der Waals surface area (Å²) in [6.45, 7) is 0. The molecule has 0 amide bonds. The number of epoxide rings is 1. The Morgan fingerprint density at radius 2 is 1.95 bits per heavy atom. The van der Waals surface area contributed by atoms with E-state index in [4.69, 9.17) is 18.9 Å². The van der Waals surface area contributed by atoms with E-state index in [9.17, 15) is 9.90 Å². The first kappa shape index (κ1) is 13.0. The van der Waals surface area contributed by atoms with Gasteiger partial charge in [0.2, 0.25) is 0 Å². The second-order valence-electron chi connectivity index (χ2n) is 6.35. The predicted octanol–water partition coefficient (Wildman–Crippen LogP) is 0.506. The Kier molecular flexibility index (Phi) is 2.71. The molecule has 6 heteroatoms. The zero-order chi connectivity index (χ0) is 14.0. The van der Waals surface area contributed by atoms with E-state index in [1.807, 2.05) is 0 Å². The Morgan fingerprint density at radius 3 is 2.65 bits per heavy atom. The number of fused-ring (bicyclic) bond motifs is 3. The highest BCUT2D eigenvalue weighted by molar-refractivity contribution is 5.81. The number of ether oxygens (including phenoxy) is 4. The van der Waals surface area contributed by atoms with Gasteiger partial charge < -0.3 is 24.1 Å². The van der Waals surface area contributed by atoms with Crippen molar-refractivity contribution < 1.29 is 28.8 Å². The summed E-state index contributed by atoms with van der Waals surface area (Å²) in [4.78, 5) is 11.8. The van der Waals surface area contributed by atoms with Crippen molar-refractivity contribution in [3.05, 3.63) is 0 Å². The van der Waals surface area contributed by atoms with Crippen LogP contribution in [0.15, 0.2) is 0 Å². The van der Waals surface area contributed by atoms with Crippen molar-refractivity contribution in [3.8, 4) is 0 Å². The normalized spacial score (nSPS) is 48.5. The molecule has 4 rings (SSSR count). The van der Waals surface area contributed by atoms with Gasteiger partial charge in [-0.15, -0.1) is 0 Å². The molecule has 4 fully saturated rings. The summed E-state index contributed by atoms with van der Waals surface area (Å²) in [6, 6.07) is 0. The van der Waals surface area contributed by atoms with E-state index in [2.05, 4.69) is 0 Å². The number of hydrogen-bond acceptors (Lipinski definition) is 6. The highest BCUT2D eigenvalue weighted by Crippen LogP contribution is 2.53. The third-order valence-corrected chi connectivity index (χ3v) is 5.07. The van der Waals surface area contributed by atoms with Crippen LogP contribution in [-0.2, 0) is 23.7 Å². The maximum absolute atomic E-state index is 11.8. The van der Waals surface area contributed by atoms with Gasteiger partial charge in [-0.2, -0.15) is 0 Å². The standard InChI is InChI=1S/C14H20O6/c1-17-12(15)14(16)7-8-9(10-11(14)18-10)20-13(19-8)5-3-2-4-6-13/h8-11,16H,2-7H2,1H3. The Labute approximate surface area is 117 Å². The molecule has 2 aliphatic carbocycles. The van der Waals surface area contributed by atoms with Crippen LogP contribution in [0.4, 0.5) is 0 Å². The van der Waals surface area contributed by atoms with Gasteiger partial charge in [-0.1, -0.05) is 6.42 Å². The topological polar surface area (TPSA) is 77.5 Å². The molecule has 0 aromatic heterocycles. The molecule has 112 valence electrons. The van der Waals surface area contributed by atoms with Crippen LogP contribution in [0.25, 0.3) is 0 Å². The molecule has 5 unspecified atom stereocenters. The molecule has 0 bridgehead atoms. The molecule has 1 spiro atoms. The second kappa shape index (κ2) is 4.16. The van der Waals surface area contributed by atoms with Crippen molar-refractivity contribution in [2.24, 2.45) is 0 Å². The van der Waals surface area contributed by atoms with Gasteiger partial charge in [-0.25, -0.2) is 4.79 Å². The van der Waals surface area contributed by atoms with Crippen molar-refractivity contribution in [3.63, 3.8) is 0 Å². The van der Waals surface area contributed by atoms with Crippen LogP contribution in [0.3, 0.4) is 0 Å². The quantitative estimate of drug-likeness (QED) is 0.558. The van der Waals surface area contributed by atoms with Crippen molar-refractivity contribution in [1.29, 1.82) is 0 Å². The van der Waals surface area contributed by atoms with Crippen LogP contribution in [0.1, 0.15) is 38.5 Å². The van der Waals surface area contributed by atoms with Gasteiger partial charge in [0, 0.05) is 19.3 Å². The molecule has 4 aliphatic rings. The first-order valence-corrected chi connectivity index (χ1v) is 7.40. The Hall–Kier alpha value is -0.690. The average molecular weight is 284 g/mol. The van der Waals surface area contributed by atoms with E-state index in [1.165, 1.54) is 13.5 Å². The van der Waals surface area contributed by atoms with E-state index in [1.54, 1.807) is 0 Å². The largest absolute Gasteiger partial charge is 0.467 e. The predicted molar refractivity (Wildman–Crippen MR) is 65.8 cm³/mol. The minimum Gasteiger partial charge on any atom is -0.467 e. The lowest BCUT2D eigenvalue weighted by atomic mass is 9.81. The van der Waals surface area contributed by atoms with E-state index in [0.717, 1.165) is 25.7 Å². The molecule has 2 saturated carbocycles. The number of esters is 1. The summed E-state index contributed by atoms with van der Waals surface area (Å²) >= 11 is 0. The third kappa shape index (κ3) is 1.68. The number of carbonyl (C=O) groups is 1. The molecular weight excluding hydrogens is 264 g/mol. The summed E-state index contributed by atoms with van der Waals surface area (Å²) in [5, 5.41) is 10.5. The summed E-state index contributed by atoms with van der Waals surface area (Å²) in [5.41, 5.74) is -1.59. The van der Waals surface area contributed by atoms with Crippen molar-refractivity contribution >= 4 is 5.97 Å². The van der Waals surface area contributed by atoms with Crippen molar-refractivity contribution in [2.45, 2.75) is 74.3 Å². The zero-order valence-corrected chi connectivity index (χ0v) is 11.5. The Balaban J connectivity index is 1.56. The lowest BCUT2D eigenvalue weighted by molar-refractivity contribution is -0.199. The first-order valence-electron chi connectivity index (χ1n) is 7.40. The fraction of sp³-hybridized carbons (Fsp3) is 0.929. The van der Waals surface area contributed by atoms with Crippen LogP contribution in [0, 0.1) is 0 Å². The molecule has 1 N–H and O–H groups in total. The molecule has 2 saturated heterocycles. The second-order valence-corrected chi connectivity index (χ2v) is 6.35. The molecule has 5 atom stereocenters. The third-order valence-electron chi connectivity index (χ3n) is 5.07. The number of aliphatic hydroxyl groups is 1. The van der Waals surface area contributed by atoms with E-state index >= 15 is 0 Å². The minimum absolute atomic E-state index is 0.164. The smallest absolute Gasteiger partial charge is 0.340 e.